The lowest BCUT2D eigenvalue weighted by Crippen LogP contribution is -2.29. The van der Waals surface area contributed by atoms with Crippen LogP contribution in [0.1, 0.15) is 24.1 Å². The molecule has 4 heterocycles. The fourth-order valence-corrected chi connectivity index (χ4v) is 3.45. The first-order chi connectivity index (χ1) is 15.5. The molecule has 4 aromatic rings. The summed E-state index contributed by atoms with van der Waals surface area (Å²) in [4.78, 5) is 25.2. The molecule has 1 fully saturated rings. The van der Waals surface area contributed by atoms with Crippen LogP contribution in [0.3, 0.4) is 0 Å². The zero-order valence-corrected chi connectivity index (χ0v) is 17.8. The van der Waals surface area contributed by atoms with Crippen molar-refractivity contribution in [2.45, 2.75) is 39.3 Å². The largest absolute Gasteiger partial charge is 0.353 e. The third-order valence-electron chi connectivity index (χ3n) is 5.30. The Hall–Kier alpha value is -3.88. The number of anilines is 2. The van der Waals surface area contributed by atoms with Crippen molar-refractivity contribution in [1.29, 1.82) is 0 Å². The van der Waals surface area contributed by atoms with Crippen molar-refractivity contribution >= 4 is 28.3 Å². The molecule has 1 amide bonds. The lowest BCUT2D eigenvalue weighted by Gasteiger charge is -2.12. The lowest BCUT2D eigenvalue weighted by molar-refractivity contribution is -0.121. The van der Waals surface area contributed by atoms with E-state index in [2.05, 4.69) is 30.7 Å². The maximum Gasteiger partial charge on any atom is 0.241 e. The molecule has 0 radical (unpaired) electrons. The van der Waals surface area contributed by atoms with Crippen LogP contribution in [0.25, 0.3) is 22.4 Å². The Morgan fingerprint density at radius 3 is 2.84 bits per heavy atom. The molecule has 32 heavy (non-hydrogen) atoms. The van der Waals surface area contributed by atoms with Crippen LogP contribution in [-0.2, 0) is 11.3 Å². The molecule has 0 aliphatic heterocycles. The predicted molar refractivity (Wildman–Crippen MR) is 119 cm³/mol. The van der Waals surface area contributed by atoms with Gasteiger partial charge in [-0.3, -0.25) is 19.4 Å². The summed E-state index contributed by atoms with van der Waals surface area (Å²) in [5, 5.41) is 10.9. The fraction of sp³-hybridized carbons (Fsp3) is 0.261. The number of hydrogen-bond donors (Lipinski definition) is 2. The zero-order valence-electron chi connectivity index (χ0n) is 17.8. The minimum absolute atomic E-state index is 0.0582. The van der Waals surface area contributed by atoms with Crippen molar-refractivity contribution in [1.82, 2.24) is 30.0 Å². The van der Waals surface area contributed by atoms with Gasteiger partial charge in [0.05, 0.1) is 17.6 Å². The first-order valence-electron chi connectivity index (χ1n) is 10.4. The minimum Gasteiger partial charge on any atom is -0.353 e. The second-order valence-corrected chi connectivity index (χ2v) is 8.05. The summed E-state index contributed by atoms with van der Waals surface area (Å²) in [5.41, 5.74) is 5.04. The smallest absolute Gasteiger partial charge is 0.241 e. The maximum absolute atomic E-state index is 14.3. The van der Waals surface area contributed by atoms with Gasteiger partial charge >= 0.3 is 0 Å². The minimum atomic E-state index is -0.424. The van der Waals surface area contributed by atoms with Crippen molar-refractivity contribution in [3.05, 3.63) is 59.9 Å². The molecule has 0 bridgehead atoms. The summed E-state index contributed by atoms with van der Waals surface area (Å²) in [6.45, 7) is 3.87. The van der Waals surface area contributed by atoms with Gasteiger partial charge in [-0.1, -0.05) is 0 Å². The van der Waals surface area contributed by atoms with Gasteiger partial charge in [0.1, 0.15) is 23.3 Å². The SMILES string of the molecule is Cc1ccc(F)c(-c2cc(Nc3ccnc4cn(CC(=O)NC5CC5)nc34)c(C)cn2)n1. The van der Waals surface area contributed by atoms with Crippen molar-refractivity contribution < 1.29 is 9.18 Å². The quantitative estimate of drug-likeness (QED) is 0.484. The molecule has 1 aliphatic rings. The number of amides is 1. The monoisotopic (exact) mass is 431 g/mol. The van der Waals surface area contributed by atoms with E-state index in [0.29, 0.717) is 28.5 Å². The van der Waals surface area contributed by atoms with Crippen LogP contribution in [0.15, 0.2) is 42.9 Å². The number of halogens is 1. The van der Waals surface area contributed by atoms with Crippen LogP contribution in [0.2, 0.25) is 0 Å². The third kappa shape index (κ3) is 4.14. The van der Waals surface area contributed by atoms with Gasteiger partial charge in [-0.05, 0) is 56.5 Å². The maximum atomic E-state index is 14.3. The Labute approximate surface area is 183 Å². The van der Waals surface area contributed by atoms with E-state index in [0.717, 1.165) is 29.8 Å². The van der Waals surface area contributed by atoms with Crippen molar-refractivity contribution in [2.24, 2.45) is 0 Å². The van der Waals surface area contributed by atoms with Gasteiger partial charge in [0.2, 0.25) is 5.91 Å². The first-order valence-corrected chi connectivity index (χ1v) is 10.4. The number of carbonyl (C=O) groups excluding carboxylic acids is 1. The van der Waals surface area contributed by atoms with Gasteiger partial charge < -0.3 is 10.6 Å². The van der Waals surface area contributed by atoms with Crippen LogP contribution in [-0.4, -0.2) is 36.7 Å². The molecule has 0 spiro atoms. The van der Waals surface area contributed by atoms with Crippen molar-refractivity contribution in [3.8, 4) is 11.4 Å². The van der Waals surface area contributed by atoms with Crippen LogP contribution in [0.4, 0.5) is 15.8 Å². The highest BCUT2D eigenvalue weighted by Crippen LogP contribution is 2.29. The highest BCUT2D eigenvalue weighted by atomic mass is 19.1. The molecular weight excluding hydrogens is 409 g/mol. The normalized spacial score (nSPS) is 13.3. The molecule has 162 valence electrons. The number of nitrogens with one attached hydrogen (secondary N) is 2. The summed E-state index contributed by atoms with van der Waals surface area (Å²) in [7, 11) is 0. The van der Waals surface area contributed by atoms with Gasteiger partial charge in [0.25, 0.3) is 0 Å². The van der Waals surface area contributed by atoms with Crippen LogP contribution < -0.4 is 10.6 Å². The van der Waals surface area contributed by atoms with E-state index in [1.165, 1.54) is 6.07 Å². The second kappa shape index (κ2) is 7.99. The number of fused-ring (bicyclic) bond motifs is 1. The predicted octanol–water partition coefficient (Wildman–Crippen LogP) is 3.67. The van der Waals surface area contributed by atoms with Crippen LogP contribution in [0.5, 0.6) is 0 Å². The molecular formula is C23H22FN7O. The van der Waals surface area contributed by atoms with Crippen molar-refractivity contribution in [3.63, 3.8) is 0 Å². The van der Waals surface area contributed by atoms with E-state index in [1.54, 1.807) is 35.4 Å². The summed E-state index contributed by atoms with van der Waals surface area (Å²) in [6.07, 6.45) is 7.19. The topological polar surface area (TPSA) is 97.6 Å². The number of hydrogen-bond acceptors (Lipinski definition) is 6. The van der Waals surface area contributed by atoms with Gasteiger partial charge in [0.15, 0.2) is 5.82 Å². The molecule has 5 rings (SSSR count). The number of aromatic nitrogens is 5. The molecule has 1 saturated carbocycles. The molecule has 0 saturated heterocycles. The van der Waals surface area contributed by atoms with E-state index in [9.17, 15) is 9.18 Å². The zero-order chi connectivity index (χ0) is 22.2. The molecule has 0 aromatic carbocycles. The van der Waals surface area contributed by atoms with Gasteiger partial charge in [-0.15, -0.1) is 0 Å². The van der Waals surface area contributed by atoms with Crippen LogP contribution in [0, 0.1) is 19.7 Å². The highest BCUT2D eigenvalue weighted by molar-refractivity contribution is 5.90. The average Bonchev–Trinajstić information content (AvgIpc) is 3.47. The first kappa shape index (κ1) is 20.0. The van der Waals surface area contributed by atoms with Gasteiger partial charge in [-0.25, -0.2) is 9.37 Å². The van der Waals surface area contributed by atoms with E-state index < -0.39 is 5.82 Å². The van der Waals surface area contributed by atoms with E-state index in [-0.39, 0.29) is 18.1 Å². The Morgan fingerprint density at radius 1 is 1.19 bits per heavy atom. The fourth-order valence-electron chi connectivity index (χ4n) is 3.45. The Kier molecular flexibility index (Phi) is 5.01. The summed E-state index contributed by atoms with van der Waals surface area (Å²) in [5.74, 6) is -0.482. The standard InChI is InChI=1S/C23H22FN7O/c1-13-10-26-19(22-16(24)6-3-14(2)27-22)9-18(13)29-17-7-8-25-20-11-31(30-23(17)20)12-21(32)28-15-4-5-15/h3,6-11,15H,4-5,12H2,1-2H3,(H,26,29)(H,28,32). The van der Waals surface area contributed by atoms with E-state index in [1.807, 2.05) is 19.9 Å². The highest BCUT2D eigenvalue weighted by Gasteiger charge is 2.23. The molecule has 8 nitrogen and oxygen atoms in total. The molecule has 0 unspecified atom stereocenters. The van der Waals surface area contributed by atoms with Crippen LogP contribution >= 0.6 is 0 Å². The van der Waals surface area contributed by atoms with E-state index in [4.69, 9.17) is 0 Å². The Balaban J connectivity index is 1.45. The number of pyridine rings is 3. The number of nitrogens with zero attached hydrogens (tertiary/aromatic N) is 5. The molecule has 0 atom stereocenters. The van der Waals surface area contributed by atoms with E-state index >= 15 is 0 Å². The molecule has 2 N–H and O–H groups in total. The third-order valence-corrected chi connectivity index (χ3v) is 5.30. The Bertz CT molecular complexity index is 1330. The number of rotatable bonds is 6. The summed E-state index contributed by atoms with van der Waals surface area (Å²) in [6, 6.07) is 6.91. The number of aryl methyl sites for hydroxylation is 2. The Morgan fingerprint density at radius 2 is 2.03 bits per heavy atom. The molecule has 4 aromatic heterocycles. The average molecular weight is 431 g/mol. The molecule has 1 aliphatic carbocycles. The van der Waals surface area contributed by atoms with Gasteiger partial charge in [-0.2, -0.15) is 5.10 Å². The summed E-state index contributed by atoms with van der Waals surface area (Å²) < 4.78 is 15.9. The van der Waals surface area contributed by atoms with Crippen molar-refractivity contribution in [2.75, 3.05) is 5.32 Å². The van der Waals surface area contributed by atoms with Gasteiger partial charge in [0, 0.05) is 29.8 Å². The second-order valence-electron chi connectivity index (χ2n) is 8.05. The lowest BCUT2D eigenvalue weighted by atomic mass is 10.1. The molecule has 9 heteroatoms. The summed E-state index contributed by atoms with van der Waals surface area (Å²) >= 11 is 0. The number of carbonyl (C=O) groups is 1.